The highest BCUT2D eigenvalue weighted by molar-refractivity contribution is 7.99. The van der Waals surface area contributed by atoms with Crippen LogP contribution in [0, 0.1) is 0 Å². The van der Waals surface area contributed by atoms with Crippen molar-refractivity contribution < 1.29 is 0 Å². The van der Waals surface area contributed by atoms with E-state index >= 15 is 0 Å². The summed E-state index contributed by atoms with van der Waals surface area (Å²) in [5.74, 6) is 4.79. The van der Waals surface area contributed by atoms with E-state index in [1.807, 2.05) is 30.0 Å². The van der Waals surface area contributed by atoms with Crippen molar-refractivity contribution in [3.8, 4) is 0 Å². The molecule has 0 aliphatic carbocycles. The monoisotopic (exact) mass is 296 g/mol. The summed E-state index contributed by atoms with van der Waals surface area (Å²) in [5.41, 5.74) is 0. The second-order valence-corrected chi connectivity index (χ2v) is 6.05. The first kappa shape index (κ1) is 16.5. The maximum Gasteiger partial charge on any atom is 0.0317 e. The highest BCUT2D eigenvalue weighted by Gasteiger charge is 1.88. The lowest BCUT2D eigenvalue weighted by Crippen LogP contribution is -1.77. The Morgan fingerprint density at radius 1 is 1.00 bits per heavy atom. The summed E-state index contributed by atoms with van der Waals surface area (Å²) in [6.45, 7) is 2.14. The molecular weight excluding hydrogens is 279 g/mol. The summed E-state index contributed by atoms with van der Waals surface area (Å²) in [6, 6.07) is 10.3. The van der Waals surface area contributed by atoms with Gasteiger partial charge in [-0.15, -0.1) is 35.0 Å². The molecule has 1 aromatic carbocycles. The number of alkyl halides is 2. The maximum absolute atomic E-state index is 5.53. The first-order chi connectivity index (χ1) is 7.85. The number of hydrogen-bond acceptors (Lipinski definition) is 2. The highest BCUT2D eigenvalue weighted by Crippen LogP contribution is 2.16. The van der Waals surface area contributed by atoms with Crippen molar-refractivity contribution in [2.45, 2.75) is 11.8 Å². The normalized spacial score (nSPS) is 9.44. The van der Waals surface area contributed by atoms with Gasteiger partial charge in [0.2, 0.25) is 0 Å². The molecule has 0 aromatic heterocycles. The molecule has 0 amide bonds. The summed E-state index contributed by atoms with van der Waals surface area (Å²) in [6.07, 6.45) is 0. The van der Waals surface area contributed by atoms with E-state index in [0.29, 0.717) is 0 Å². The van der Waals surface area contributed by atoms with Crippen LogP contribution in [0.4, 0.5) is 0 Å². The molecule has 0 nitrogen and oxygen atoms in total. The van der Waals surface area contributed by atoms with Crippen LogP contribution in [0.5, 0.6) is 0 Å². The molecule has 0 N–H and O–H groups in total. The summed E-state index contributed by atoms with van der Waals surface area (Å²) >= 11 is 14.6. The first-order valence-corrected chi connectivity index (χ1v) is 8.43. The van der Waals surface area contributed by atoms with Crippen molar-refractivity contribution in [3.05, 3.63) is 30.3 Å². The summed E-state index contributed by atoms with van der Waals surface area (Å²) in [4.78, 5) is 1.29. The average molecular weight is 297 g/mol. The molecule has 1 rings (SSSR count). The van der Waals surface area contributed by atoms with Gasteiger partial charge < -0.3 is 0 Å². The van der Waals surface area contributed by atoms with Crippen molar-refractivity contribution in [1.82, 2.24) is 0 Å². The van der Waals surface area contributed by atoms with E-state index in [2.05, 4.69) is 19.1 Å². The van der Waals surface area contributed by atoms with Gasteiger partial charge in [-0.05, 0) is 17.9 Å². The second kappa shape index (κ2) is 13.6. The molecule has 0 aliphatic rings. The Bertz CT molecular complexity index is 226. The maximum atomic E-state index is 5.53. The fraction of sp³-hybridized carbons (Fsp3) is 0.500. The predicted molar refractivity (Wildman–Crippen MR) is 81.6 cm³/mol. The van der Waals surface area contributed by atoms with Gasteiger partial charge in [0.15, 0.2) is 0 Å². The molecule has 0 bridgehead atoms. The third-order valence-electron chi connectivity index (χ3n) is 1.51. The number of benzene rings is 1. The molecule has 0 saturated carbocycles. The Morgan fingerprint density at radius 3 is 2.06 bits per heavy atom. The largest absolute Gasteiger partial charge is 0.161 e. The fourth-order valence-corrected chi connectivity index (χ4v) is 2.49. The number of rotatable bonds is 6. The molecule has 0 aliphatic heterocycles. The smallest absolute Gasteiger partial charge is 0.0317 e. The van der Waals surface area contributed by atoms with Gasteiger partial charge in [-0.1, -0.05) is 25.1 Å². The molecular formula is C12H18Cl2S2. The second-order valence-electron chi connectivity index (χ2n) is 2.74. The molecule has 0 atom stereocenters. The zero-order valence-electron chi connectivity index (χ0n) is 9.49. The van der Waals surface area contributed by atoms with Crippen LogP contribution in [0.1, 0.15) is 6.92 Å². The number of hydrogen-bond donors (Lipinski definition) is 0. The van der Waals surface area contributed by atoms with Gasteiger partial charge in [-0.3, -0.25) is 0 Å². The Labute approximate surface area is 117 Å². The molecule has 0 spiro atoms. The molecule has 1 aromatic rings. The summed E-state index contributed by atoms with van der Waals surface area (Å²) in [7, 11) is 0. The molecule has 16 heavy (non-hydrogen) atoms. The van der Waals surface area contributed by atoms with Crippen LogP contribution >= 0.6 is 46.7 Å². The molecule has 4 heteroatoms. The third kappa shape index (κ3) is 11.0. The molecule has 92 valence electrons. The Kier molecular flexibility index (Phi) is 14.0. The van der Waals surface area contributed by atoms with E-state index in [1.54, 1.807) is 11.8 Å². The minimum atomic E-state index is 0.722. The van der Waals surface area contributed by atoms with Crippen molar-refractivity contribution in [2.24, 2.45) is 0 Å². The lowest BCUT2D eigenvalue weighted by Gasteiger charge is -1.95. The van der Waals surface area contributed by atoms with Crippen LogP contribution in [-0.4, -0.2) is 29.0 Å². The van der Waals surface area contributed by atoms with E-state index in [1.165, 1.54) is 10.6 Å². The topological polar surface area (TPSA) is 0 Å². The molecule has 0 saturated heterocycles. The standard InChI is InChI=1S/C8H9ClS.C4H9ClS/c9-6-7-10-8-4-2-1-3-5-8;1-2-6-4-3-5/h1-5H,6-7H2;2-4H2,1H3. The van der Waals surface area contributed by atoms with Crippen LogP contribution in [-0.2, 0) is 0 Å². The van der Waals surface area contributed by atoms with Gasteiger partial charge in [0.05, 0.1) is 0 Å². The van der Waals surface area contributed by atoms with Crippen molar-refractivity contribution >= 4 is 46.7 Å². The van der Waals surface area contributed by atoms with Crippen LogP contribution in [0.2, 0.25) is 0 Å². The third-order valence-corrected chi connectivity index (χ3v) is 4.26. The van der Waals surface area contributed by atoms with Crippen molar-refractivity contribution in [3.63, 3.8) is 0 Å². The van der Waals surface area contributed by atoms with Crippen LogP contribution < -0.4 is 0 Å². The van der Waals surface area contributed by atoms with Gasteiger partial charge in [0.25, 0.3) is 0 Å². The quantitative estimate of drug-likeness (QED) is 0.412. The van der Waals surface area contributed by atoms with E-state index in [0.717, 1.165) is 23.3 Å². The first-order valence-electron chi connectivity index (χ1n) is 5.22. The SMILES string of the molecule is CCSCCCl.ClCCSc1ccccc1. The minimum absolute atomic E-state index is 0.722. The van der Waals surface area contributed by atoms with Gasteiger partial charge in [0, 0.05) is 28.2 Å². The number of thioether (sulfide) groups is 2. The minimum Gasteiger partial charge on any atom is -0.161 e. The van der Waals surface area contributed by atoms with Gasteiger partial charge in [-0.2, -0.15) is 11.8 Å². The van der Waals surface area contributed by atoms with Gasteiger partial charge >= 0.3 is 0 Å². The lowest BCUT2D eigenvalue weighted by atomic mass is 10.4. The Hall–Kier alpha value is 0.500. The Balaban J connectivity index is 0.000000325. The van der Waals surface area contributed by atoms with Gasteiger partial charge in [-0.25, -0.2) is 0 Å². The molecule has 0 heterocycles. The van der Waals surface area contributed by atoms with Crippen LogP contribution in [0.25, 0.3) is 0 Å². The zero-order valence-corrected chi connectivity index (χ0v) is 12.6. The lowest BCUT2D eigenvalue weighted by molar-refractivity contribution is 1.43. The van der Waals surface area contributed by atoms with Crippen molar-refractivity contribution in [1.29, 1.82) is 0 Å². The predicted octanol–water partition coefficient (Wildman–Crippen LogP) is 5.00. The molecule has 0 unspecified atom stereocenters. The molecule has 0 radical (unpaired) electrons. The van der Waals surface area contributed by atoms with Crippen LogP contribution in [0.3, 0.4) is 0 Å². The number of halogens is 2. The highest BCUT2D eigenvalue weighted by atomic mass is 35.5. The summed E-state index contributed by atoms with van der Waals surface area (Å²) < 4.78 is 0. The van der Waals surface area contributed by atoms with Gasteiger partial charge in [0.1, 0.15) is 0 Å². The van der Waals surface area contributed by atoms with E-state index in [4.69, 9.17) is 23.2 Å². The fourth-order valence-electron chi connectivity index (χ4n) is 0.872. The molecule has 0 fully saturated rings. The van der Waals surface area contributed by atoms with E-state index in [-0.39, 0.29) is 0 Å². The average Bonchev–Trinajstić information content (AvgIpc) is 2.36. The zero-order chi connectivity index (χ0) is 12.1. The Morgan fingerprint density at radius 2 is 1.62 bits per heavy atom. The summed E-state index contributed by atoms with van der Waals surface area (Å²) in [5, 5.41) is 0. The van der Waals surface area contributed by atoms with E-state index in [9.17, 15) is 0 Å². The van der Waals surface area contributed by atoms with E-state index < -0.39 is 0 Å². The van der Waals surface area contributed by atoms with Crippen molar-refractivity contribution in [2.75, 3.05) is 29.0 Å². The van der Waals surface area contributed by atoms with Crippen LogP contribution in [0.15, 0.2) is 35.2 Å².